The molecule has 1 aromatic rings. The number of sulfonamides is 1. The maximum Gasteiger partial charge on any atom is 0.245 e. The molecule has 1 fully saturated rings. The number of hydrogen-bond acceptors (Lipinski definition) is 4. The van der Waals surface area contributed by atoms with Gasteiger partial charge in [0.25, 0.3) is 0 Å². The third kappa shape index (κ3) is 3.20. The molecule has 2 N–H and O–H groups in total. The second-order valence-corrected chi connectivity index (χ2v) is 7.38. The van der Waals surface area contributed by atoms with Crippen molar-refractivity contribution in [2.24, 2.45) is 0 Å². The lowest BCUT2D eigenvalue weighted by atomic mass is 10.2. The van der Waals surface area contributed by atoms with E-state index in [1.807, 2.05) is 0 Å². The smallest absolute Gasteiger partial charge is 0.245 e. The zero-order valence-corrected chi connectivity index (χ0v) is 13.2. The van der Waals surface area contributed by atoms with Gasteiger partial charge in [-0.15, -0.1) is 0 Å². The number of benzene rings is 1. The topological polar surface area (TPSA) is 66.6 Å². The Hall–Kier alpha value is -1.18. The van der Waals surface area contributed by atoms with E-state index in [1.54, 1.807) is 0 Å². The molecular formula is C14H22FN3O2S. The molecule has 1 atom stereocenters. The van der Waals surface area contributed by atoms with Crippen molar-refractivity contribution in [2.75, 3.05) is 32.4 Å². The first-order valence-electron chi connectivity index (χ1n) is 7.12. The normalized spacial score (nSPS) is 20.3. The molecule has 0 spiro atoms. The van der Waals surface area contributed by atoms with Crippen molar-refractivity contribution in [2.45, 2.75) is 30.7 Å². The first-order chi connectivity index (χ1) is 9.87. The Balaban J connectivity index is 2.21. The van der Waals surface area contributed by atoms with Gasteiger partial charge in [-0.2, -0.15) is 4.31 Å². The van der Waals surface area contributed by atoms with E-state index in [-0.39, 0.29) is 16.6 Å². The van der Waals surface area contributed by atoms with Gasteiger partial charge in [0.2, 0.25) is 10.0 Å². The maximum atomic E-state index is 13.5. The van der Waals surface area contributed by atoms with Gasteiger partial charge in [0.05, 0.1) is 5.69 Å². The number of hydrogen-bond donors (Lipinski definition) is 1. The molecule has 1 heterocycles. The van der Waals surface area contributed by atoms with Gasteiger partial charge in [0.1, 0.15) is 10.7 Å². The Morgan fingerprint density at radius 3 is 2.86 bits per heavy atom. The Morgan fingerprint density at radius 1 is 1.48 bits per heavy atom. The molecule has 1 saturated heterocycles. The van der Waals surface area contributed by atoms with Gasteiger partial charge < -0.3 is 5.73 Å². The fraction of sp³-hybridized carbons (Fsp3) is 0.571. The summed E-state index contributed by atoms with van der Waals surface area (Å²) in [6.07, 6.45) is 2.06. The highest BCUT2D eigenvalue weighted by atomic mass is 32.2. The summed E-state index contributed by atoms with van der Waals surface area (Å²) in [7, 11) is -2.25. The molecule has 118 valence electrons. The molecule has 5 nitrogen and oxygen atoms in total. The maximum absolute atomic E-state index is 13.5. The van der Waals surface area contributed by atoms with Crippen LogP contribution in [0, 0.1) is 5.82 Å². The molecule has 0 radical (unpaired) electrons. The molecule has 0 saturated carbocycles. The monoisotopic (exact) mass is 315 g/mol. The second kappa shape index (κ2) is 6.29. The Morgan fingerprint density at radius 2 is 2.19 bits per heavy atom. The standard InChI is InChI=1S/C14H22FN3O2S/c1-3-18-9-5-6-11(18)10-17(2)21(19,20)13-8-4-7-12(15)14(13)16/h4,7-8,11H,3,5-6,9-10,16H2,1-2H3. The van der Waals surface area contributed by atoms with Gasteiger partial charge in [-0.25, -0.2) is 12.8 Å². The van der Waals surface area contributed by atoms with E-state index >= 15 is 0 Å². The average molecular weight is 315 g/mol. The van der Waals surface area contributed by atoms with Crippen molar-refractivity contribution >= 4 is 15.7 Å². The summed E-state index contributed by atoms with van der Waals surface area (Å²) in [6.45, 7) is 4.36. The van der Waals surface area contributed by atoms with Crippen LogP contribution in [0.25, 0.3) is 0 Å². The third-order valence-corrected chi connectivity index (χ3v) is 5.96. The lowest BCUT2D eigenvalue weighted by Crippen LogP contribution is -2.41. The number of rotatable bonds is 5. The minimum atomic E-state index is -3.77. The molecule has 1 aliphatic heterocycles. The summed E-state index contributed by atoms with van der Waals surface area (Å²) >= 11 is 0. The molecule has 1 aromatic carbocycles. The van der Waals surface area contributed by atoms with Crippen LogP contribution in [0.15, 0.2) is 23.1 Å². The molecule has 7 heteroatoms. The quantitative estimate of drug-likeness (QED) is 0.837. The number of likely N-dealkylation sites (N-methyl/N-ethyl adjacent to an activating group) is 2. The van der Waals surface area contributed by atoms with Crippen LogP contribution in [0.1, 0.15) is 19.8 Å². The van der Waals surface area contributed by atoms with Crippen LogP contribution in [0.2, 0.25) is 0 Å². The van der Waals surface area contributed by atoms with Crippen LogP contribution in [0.4, 0.5) is 10.1 Å². The van der Waals surface area contributed by atoms with E-state index in [0.29, 0.717) is 6.54 Å². The first-order valence-corrected chi connectivity index (χ1v) is 8.56. The Kier molecular flexibility index (Phi) is 4.85. The SMILES string of the molecule is CCN1CCCC1CN(C)S(=O)(=O)c1cccc(F)c1N. The zero-order chi connectivity index (χ0) is 15.6. The molecule has 0 aromatic heterocycles. The van der Waals surface area contributed by atoms with Crippen molar-refractivity contribution in [3.63, 3.8) is 0 Å². The Bertz CT molecular complexity index is 606. The van der Waals surface area contributed by atoms with E-state index in [1.165, 1.54) is 23.5 Å². The van der Waals surface area contributed by atoms with Gasteiger partial charge >= 0.3 is 0 Å². The molecule has 2 rings (SSSR count). The van der Waals surface area contributed by atoms with E-state index in [9.17, 15) is 12.8 Å². The van der Waals surface area contributed by atoms with E-state index < -0.39 is 15.8 Å². The lowest BCUT2D eigenvalue weighted by Gasteiger charge is -2.27. The van der Waals surface area contributed by atoms with E-state index in [0.717, 1.165) is 32.0 Å². The summed E-state index contributed by atoms with van der Waals surface area (Å²) in [5.41, 5.74) is 5.26. The van der Waals surface area contributed by atoms with Gasteiger partial charge in [-0.3, -0.25) is 4.90 Å². The van der Waals surface area contributed by atoms with Gasteiger partial charge in [0, 0.05) is 19.6 Å². The number of nitrogens with two attached hydrogens (primary N) is 1. The molecular weight excluding hydrogens is 293 g/mol. The van der Waals surface area contributed by atoms with Gasteiger partial charge in [0.15, 0.2) is 0 Å². The summed E-state index contributed by atoms with van der Waals surface area (Å²) in [6, 6.07) is 4.07. The largest absolute Gasteiger partial charge is 0.395 e. The summed E-state index contributed by atoms with van der Waals surface area (Å²) in [4.78, 5) is 2.10. The number of nitrogen functional groups attached to an aromatic ring is 1. The number of likely N-dealkylation sites (tertiary alicyclic amines) is 1. The van der Waals surface area contributed by atoms with Crippen LogP contribution in [-0.2, 0) is 10.0 Å². The van der Waals surface area contributed by atoms with Crippen LogP contribution >= 0.6 is 0 Å². The zero-order valence-electron chi connectivity index (χ0n) is 12.4. The summed E-state index contributed by atoms with van der Waals surface area (Å²) in [5.74, 6) is -0.708. The minimum Gasteiger partial charge on any atom is -0.395 e. The van der Waals surface area contributed by atoms with Crippen molar-refractivity contribution in [1.82, 2.24) is 9.21 Å². The van der Waals surface area contributed by atoms with Gasteiger partial charge in [-0.1, -0.05) is 13.0 Å². The average Bonchev–Trinajstić information content (AvgIpc) is 2.88. The van der Waals surface area contributed by atoms with Crippen molar-refractivity contribution in [3.8, 4) is 0 Å². The van der Waals surface area contributed by atoms with Gasteiger partial charge in [-0.05, 0) is 38.1 Å². The predicted octanol–water partition coefficient (Wildman–Crippen LogP) is 1.51. The predicted molar refractivity (Wildman–Crippen MR) is 80.9 cm³/mol. The lowest BCUT2D eigenvalue weighted by molar-refractivity contribution is 0.238. The minimum absolute atomic E-state index is 0.161. The number of para-hydroxylation sites is 1. The van der Waals surface area contributed by atoms with E-state index in [4.69, 9.17) is 5.73 Å². The molecule has 0 aliphatic carbocycles. The number of halogens is 1. The van der Waals surface area contributed by atoms with E-state index in [2.05, 4.69) is 11.8 Å². The molecule has 21 heavy (non-hydrogen) atoms. The van der Waals surface area contributed by atoms with Crippen molar-refractivity contribution in [3.05, 3.63) is 24.0 Å². The second-order valence-electron chi connectivity index (χ2n) is 5.36. The number of anilines is 1. The van der Waals surface area contributed by atoms with Crippen molar-refractivity contribution < 1.29 is 12.8 Å². The highest BCUT2D eigenvalue weighted by Gasteiger charge is 2.30. The van der Waals surface area contributed by atoms with Crippen LogP contribution in [0.3, 0.4) is 0 Å². The fourth-order valence-corrected chi connectivity index (χ4v) is 4.15. The highest BCUT2D eigenvalue weighted by molar-refractivity contribution is 7.89. The van der Waals surface area contributed by atoms with Crippen molar-refractivity contribution in [1.29, 1.82) is 0 Å². The molecule has 1 aliphatic rings. The van der Waals surface area contributed by atoms with Crippen LogP contribution in [0.5, 0.6) is 0 Å². The highest BCUT2D eigenvalue weighted by Crippen LogP contribution is 2.25. The molecule has 1 unspecified atom stereocenters. The first kappa shape index (κ1) is 16.2. The Labute approximate surface area is 125 Å². The third-order valence-electron chi connectivity index (χ3n) is 4.07. The van der Waals surface area contributed by atoms with Crippen LogP contribution in [-0.4, -0.2) is 50.3 Å². The molecule has 0 amide bonds. The summed E-state index contributed by atoms with van der Waals surface area (Å²) in [5, 5.41) is 0. The summed E-state index contributed by atoms with van der Waals surface area (Å²) < 4.78 is 39.9. The number of nitrogens with zero attached hydrogens (tertiary/aromatic N) is 2. The molecule has 0 bridgehead atoms. The van der Waals surface area contributed by atoms with Crippen LogP contribution < -0.4 is 5.73 Å². The fourth-order valence-electron chi connectivity index (χ4n) is 2.82.